The van der Waals surface area contributed by atoms with E-state index in [1.807, 2.05) is 32.0 Å². The zero-order valence-corrected chi connectivity index (χ0v) is 13.8. The average Bonchev–Trinajstić information content (AvgIpc) is 2.47. The van der Waals surface area contributed by atoms with Crippen molar-refractivity contribution in [3.63, 3.8) is 0 Å². The SMILES string of the molecule is CC(C)c1ccc(S(=O)(=O)c2ccccc2)c(C(C)C)c1. The molecule has 0 heterocycles. The quantitative estimate of drug-likeness (QED) is 0.815. The minimum Gasteiger partial charge on any atom is -0.219 e. The number of benzene rings is 2. The molecule has 0 radical (unpaired) electrons. The van der Waals surface area contributed by atoms with Gasteiger partial charge in [0.15, 0.2) is 0 Å². The summed E-state index contributed by atoms with van der Waals surface area (Å²) in [5.41, 5.74) is 2.07. The van der Waals surface area contributed by atoms with Crippen LogP contribution in [0.25, 0.3) is 0 Å². The van der Waals surface area contributed by atoms with Gasteiger partial charge in [-0.25, -0.2) is 8.42 Å². The summed E-state index contributed by atoms with van der Waals surface area (Å²) in [6.45, 7) is 8.29. The molecule has 3 heteroatoms. The molecule has 0 saturated carbocycles. The smallest absolute Gasteiger partial charge is 0.206 e. The van der Waals surface area contributed by atoms with Crippen molar-refractivity contribution < 1.29 is 8.42 Å². The topological polar surface area (TPSA) is 34.1 Å². The maximum atomic E-state index is 12.8. The Kier molecular flexibility index (Phi) is 4.52. The van der Waals surface area contributed by atoms with Crippen molar-refractivity contribution in [3.05, 3.63) is 59.7 Å². The van der Waals surface area contributed by atoms with Gasteiger partial charge in [-0.05, 0) is 41.2 Å². The third kappa shape index (κ3) is 3.18. The fourth-order valence-electron chi connectivity index (χ4n) is 2.35. The Morgan fingerprint density at radius 1 is 0.810 bits per heavy atom. The van der Waals surface area contributed by atoms with E-state index in [2.05, 4.69) is 13.8 Å². The maximum Gasteiger partial charge on any atom is 0.206 e. The second-order valence-electron chi connectivity index (χ2n) is 5.92. The van der Waals surface area contributed by atoms with Gasteiger partial charge < -0.3 is 0 Å². The Bertz CT molecular complexity index is 714. The summed E-state index contributed by atoms with van der Waals surface area (Å²) in [5, 5.41) is 0. The molecule has 0 amide bonds. The zero-order valence-electron chi connectivity index (χ0n) is 13.0. The monoisotopic (exact) mass is 302 g/mol. The summed E-state index contributed by atoms with van der Waals surface area (Å²) in [4.78, 5) is 0.775. The summed E-state index contributed by atoms with van der Waals surface area (Å²) in [7, 11) is -3.46. The van der Waals surface area contributed by atoms with Crippen LogP contribution in [-0.2, 0) is 9.84 Å². The van der Waals surface area contributed by atoms with Crippen LogP contribution in [-0.4, -0.2) is 8.42 Å². The molecule has 0 N–H and O–H groups in total. The third-order valence-electron chi connectivity index (χ3n) is 3.67. The highest BCUT2D eigenvalue weighted by atomic mass is 32.2. The average molecular weight is 302 g/mol. The van der Waals surface area contributed by atoms with Crippen molar-refractivity contribution in [2.24, 2.45) is 0 Å². The number of hydrogen-bond donors (Lipinski definition) is 0. The minimum absolute atomic E-state index is 0.164. The predicted octanol–water partition coefficient (Wildman–Crippen LogP) is 4.77. The molecule has 0 aliphatic heterocycles. The molecule has 2 aromatic carbocycles. The molecule has 2 nitrogen and oxygen atoms in total. The van der Waals surface area contributed by atoms with Crippen LogP contribution in [0.4, 0.5) is 0 Å². The van der Waals surface area contributed by atoms with E-state index in [1.54, 1.807) is 30.3 Å². The first-order valence-corrected chi connectivity index (χ1v) is 8.76. The van der Waals surface area contributed by atoms with Gasteiger partial charge in [0.25, 0.3) is 0 Å². The highest BCUT2D eigenvalue weighted by molar-refractivity contribution is 7.91. The zero-order chi connectivity index (χ0) is 15.6. The number of hydrogen-bond acceptors (Lipinski definition) is 2. The summed E-state index contributed by atoms with van der Waals surface area (Å²) in [6.07, 6.45) is 0. The van der Waals surface area contributed by atoms with Crippen LogP contribution in [0.5, 0.6) is 0 Å². The van der Waals surface area contributed by atoms with Gasteiger partial charge in [0.05, 0.1) is 9.79 Å². The summed E-state index contributed by atoms with van der Waals surface area (Å²) >= 11 is 0. The fraction of sp³-hybridized carbons (Fsp3) is 0.333. The van der Waals surface area contributed by atoms with E-state index in [1.165, 1.54) is 5.56 Å². The molecule has 0 spiro atoms. The maximum absolute atomic E-state index is 12.8. The second kappa shape index (κ2) is 6.02. The third-order valence-corrected chi connectivity index (χ3v) is 5.51. The molecular formula is C18H22O2S. The molecule has 0 fully saturated rings. The van der Waals surface area contributed by atoms with E-state index in [0.717, 1.165) is 5.56 Å². The Hall–Kier alpha value is -1.61. The van der Waals surface area contributed by atoms with E-state index in [4.69, 9.17) is 0 Å². The summed E-state index contributed by atoms with van der Waals surface area (Å²) in [5.74, 6) is 0.549. The lowest BCUT2D eigenvalue weighted by Crippen LogP contribution is -2.07. The molecule has 0 aromatic heterocycles. The van der Waals surface area contributed by atoms with Crippen LogP contribution >= 0.6 is 0 Å². The lowest BCUT2D eigenvalue weighted by Gasteiger charge is -2.16. The van der Waals surface area contributed by atoms with Crippen molar-refractivity contribution in [2.75, 3.05) is 0 Å². The molecule has 2 aromatic rings. The van der Waals surface area contributed by atoms with Crippen molar-refractivity contribution in [2.45, 2.75) is 49.3 Å². The van der Waals surface area contributed by atoms with Crippen molar-refractivity contribution in [3.8, 4) is 0 Å². The summed E-state index contributed by atoms with van der Waals surface area (Å²) < 4.78 is 25.7. The molecule has 2 rings (SSSR count). The van der Waals surface area contributed by atoms with Crippen LogP contribution in [0.15, 0.2) is 58.3 Å². The summed E-state index contributed by atoms with van der Waals surface area (Å²) in [6, 6.07) is 14.3. The van der Waals surface area contributed by atoms with Crippen molar-refractivity contribution in [1.82, 2.24) is 0 Å². The largest absolute Gasteiger partial charge is 0.219 e. The van der Waals surface area contributed by atoms with E-state index in [9.17, 15) is 8.42 Å². The molecule has 0 bridgehead atoms. The molecule has 112 valence electrons. The van der Waals surface area contributed by atoms with Crippen LogP contribution in [0.1, 0.15) is 50.7 Å². The Morgan fingerprint density at radius 3 is 1.95 bits per heavy atom. The second-order valence-corrected chi connectivity index (χ2v) is 7.84. The minimum atomic E-state index is -3.46. The van der Waals surface area contributed by atoms with Crippen LogP contribution in [0.3, 0.4) is 0 Å². The van der Waals surface area contributed by atoms with Gasteiger partial charge in [-0.3, -0.25) is 0 Å². The normalized spacial score (nSPS) is 12.1. The van der Waals surface area contributed by atoms with E-state index in [-0.39, 0.29) is 5.92 Å². The molecule has 21 heavy (non-hydrogen) atoms. The van der Waals surface area contributed by atoms with Gasteiger partial charge >= 0.3 is 0 Å². The Morgan fingerprint density at radius 2 is 1.43 bits per heavy atom. The van der Waals surface area contributed by atoms with Crippen molar-refractivity contribution >= 4 is 9.84 Å². The lowest BCUT2D eigenvalue weighted by atomic mass is 9.96. The van der Waals surface area contributed by atoms with Gasteiger partial charge in [-0.15, -0.1) is 0 Å². The molecule has 0 atom stereocenters. The number of rotatable bonds is 4. The van der Waals surface area contributed by atoms with Gasteiger partial charge in [0.2, 0.25) is 9.84 Å². The van der Waals surface area contributed by atoms with Crippen LogP contribution in [0.2, 0.25) is 0 Å². The standard InChI is InChI=1S/C18H22O2S/c1-13(2)15-10-11-18(17(12-15)14(3)4)21(19,20)16-8-6-5-7-9-16/h5-14H,1-4H3. The van der Waals surface area contributed by atoms with Crippen LogP contribution < -0.4 is 0 Å². The van der Waals surface area contributed by atoms with E-state index < -0.39 is 9.84 Å². The van der Waals surface area contributed by atoms with E-state index in [0.29, 0.717) is 15.7 Å². The first-order chi connectivity index (χ1) is 9.84. The molecule has 0 aliphatic carbocycles. The molecule has 0 aliphatic rings. The predicted molar refractivity (Wildman–Crippen MR) is 86.5 cm³/mol. The van der Waals surface area contributed by atoms with Crippen molar-refractivity contribution in [1.29, 1.82) is 0 Å². The van der Waals surface area contributed by atoms with E-state index >= 15 is 0 Å². The van der Waals surface area contributed by atoms with Gasteiger partial charge in [0.1, 0.15) is 0 Å². The van der Waals surface area contributed by atoms with Crippen LogP contribution in [0, 0.1) is 0 Å². The van der Waals surface area contributed by atoms with Gasteiger partial charge in [0, 0.05) is 0 Å². The van der Waals surface area contributed by atoms with Gasteiger partial charge in [-0.2, -0.15) is 0 Å². The highest BCUT2D eigenvalue weighted by Gasteiger charge is 2.22. The highest BCUT2D eigenvalue weighted by Crippen LogP contribution is 2.31. The number of sulfone groups is 1. The van der Waals surface area contributed by atoms with Gasteiger partial charge in [-0.1, -0.05) is 58.0 Å². The fourth-order valence-corrected chi connectivity index (χ4v) is 3.97. The lowest BCUT2D eigenvalue weighted by molar-refractivity contribution is 0.593. The Labute approximate surface area is 127 Å². The molecular weight excluding hydrogens is 280 g/mol. The Balaban J connectivity index is 2.64. The first kappa shape index (κ1) is 15.8. The first-order valence-electron chi connectivity index (χ1n) is 7.28. The molecule has 0 saturated heterocycles. The molecule has 0 unspecified atom stereocenters.